The van der Waals surface area contributed by atoms with Crippen LogP contribution >= 0.6 is 0 Å². The number of rotatable bonds is 8. The normalized spacial score (nSPS) is 12.1. The predicted molar refractivity (Wildman–Crippen MR) is 59.8 cm³/mol. The Morgan fingerprint density at radius 1 is 1.27 bits per heavy atom. The maximum atomic E-state index is 11.0. The first-order chi connectivity index (χ1) is 6.99. The molecule has 0 aromatic rings. The van der Waals surface area contributed by atoms with Crippen LogP contribution in [0.15, 0.2) is 12.2 Å². The number of hydrogen-bond acceptors (Lipinski definition) is 2. The maximum Gasteiger partial charge on any atom is 0.244 e. The fourth-order valence-corrected chi connectivity index (χ4v) is 1.46. The summed E-state index contributed by atoms with van der Waals surface area (Å²) < 4.78 is 0. The third-order valence-electron chi connectivity index (χ3n) is 2.45. The van der Waals surface area contributed by atoms with Crippen LogP contribution in [-0.4, -0.2) is 11.8 Å². The van der Waals surface area contributed by atoms with Crippen molar-refractivity contribution in [2.24, 2.45) is 17.4 Å². The predicted octanol–water partition coefficient (Wildman–Crippen LogP) is 1.10. The number of unbranched alkanes of at least 4 members (excludes halogenated alkanes) is 1. The standard InChI is InChI=1S/C11H20N2O2/c1-3-4-5-9(6-7-10(12)14)8(2)11(13)15/h9H,2-7H2,1H3,(H2,12,14)(H2,13,15). The minimum Gasteiger partial charge on any atom is -0.370 e. The Labute approximate surface area is 90.7 Å². The van der Waals surface area contributed by atoms with E-state index >= 15 is 0 Å². The third kappa shape index (κ3) is 5.88. The van der Waals surface area contributed by atoms with Crippen LogP contribution in [0.1, 0.15) is 39.0 Å². The summed E-state index contributed by atoms with van der Waals surface area (Å²) in [5.74, 6) is -0.843. The molecule has 86 valence electrons. The molecule has 0 bridgehead atoms. The molecule has 0 saturated heterocycles. The van der Waals surface area contributed by atoms with E-state index in [4.69, 9.17) is 11.5 Å². The molecule has 4 heteroatoms. The number of nitrogens with two attached hydrogens (primary N) is 2. The minimum atomic E-state index is -0.486. The molecule has 4 nitrogen and oxygen atoms in total. The molecule has 0 aliphatic heterocycles. The summed E-state index contributed by atoms with van der Waals surface area (Å²) >= 11 is 0. The second kappa shape index (κ2) is 7.04. The van der Waals surface area contributed by atoms with E-state index in [2.05, 4.69) is 13.5 Å². The first kappa shape index (κ1) is 13.7. The van der Waals surface area contributed by atoms with Crippen LogP contribution in [0.2, 0.25) is 0 Å². The summed E-state index contributed by atoms with van der Waals surface area (Å²) in [6.45, 7) is 5.73. The second-order valence-electron chi connectivity index (χ2n) is 3.73. The van der Waals surface area contributed by atoms with Crippen molar-refractivity contribution in [2.75, 3.05) is 0 Å². The van der Waals surface area contributed by atoms with Gasteiger partial charge < -0.3 is 11.5 Å². The first-order valence-electron chi connectivity index (χ1n) is 5.25. The lowest BCUT2D eigenvalue weighted by Crippen LogP contribution is -2.21. The Kier molecular flexibility index (Phi) is 6.42. The average Bonchev–Trinajstić information content (AvgIpc) is 2.16. The van der Waals surface area contributed by atoms with Gasteiger partial charge in [0.15, 0.2) is 0 Å². The number of hydrogen-bond donors (Lipinski definition) is 2. The topological polar surface area (TPSA) is 86.2 Å². The van der Waals surface area contributed by atoms with Crippen LogP contribution < -0.4 is 11.5 Å². The van der Waals surface area contributed by atoms with E-state index in [0.717, 1.165) is 19.3 Å². The molecule has 1 atom stereocenters. The quantitative estimate of drug-likeness (QED) is 0.590. The highest BCUT2D eigenvalue weighted by Gasteiger charge is 2.16. The number of carbonyl (C=O) groups excluding carboxylic acids is 2. The molecule has 0 heterocycles. The summed E-state index contributed by atoms with van der Waals surface area (Å²) in [6, 6.07) is 0. The van der Waals surface area contributed by atoms with Crippen molar-refractivity contribution < 1.29 is 9.59 Å². The smallest absolute Gasteiger partial charge is 0.244 e. The van der Waals surface area contributed by atoms with Crippen molar-refractivity contribution in [1.82, 2.24) is 0 Å². The highest BCUT2D eigenvalue weighted by Crippen LogP contribution is 2.21. The van der Waals surface area contributed by atoms with Gasteiger partial charge in [-0.2, -0.15) is 0 Å². The van der Waals surface area contributed by atoms with E-state index in [1.54, 1.807) is 0 Å². The van der Waals surface area contributed by atoms with Crippen LogP contribution in [0.25, 0.3) is 0 Å². The summed E-state index contributed by atoms with van der Waals surface area (Å²) in [5, 5.41) is 0. The summed E-state index contributed by atoms with van der Waals surface area (Å²) in [6.07, 6.45) is 3.72. The molecule has 4 N–H and O–H groups in total. The van der Waals surface area contributed by atoms with Gasteiger partial charge in [-0.05, 0) is 18.8 Å². The van der Waals surface area contributed by atoms with Crippen molar-refractivity contribution in [3.05, 3.63) is 12.2 Å². The van der Waals surface area contributed by atoms with Crippen LogP contribution in [0.4, 0.5) is 0 Å². The van der Waals surface area contributed by atoms with Crippen LogP contribution in [0.5, 0.6) is 0 Å². The first-order valence-corrected chi connectivity index (χ1v) is 5.25. The average molecular weight is 212 g/mol. The van der Waals surface area contributed by atoms with Gasteiger partial charge in [0.05, 0.1) is 0 Å². The Morgan fingerprint density at radius 3 is 2.27 bits per heavy atom. The van der Waals surface area contributed by atoms with Crippen LogP contribution in [0.3, 0.4) is 0 Å². The molecule has 0 spiro atoms. The Balaban J connectivity index is 4.23. The molecule has 0 saturated carbocycles. The summed E-state index contributed by atoms with van der Waals surface area (Å²) in [7, 11) is 0. The molecule has 0 radical (unpaired) electrons. The van der Waals surface area contributed by atoms with Gasteiger partial charge >= 0.3 is 0 Å². The molecule has 1 unspecified atom stereocenters. The molecular weight excluding hydrogens is 192 g/mol. The highest BCUT2D eigenvalue weighted by molar-refractivity contribution is 5.91. The number of carbonyl (C=O) groups is 2. The van der Waals surface area contributed by atoms with Crippen molar-refractivity contribution >= 4 is 11.8 Å². The SMILES string of the molecule is C=C(C(N)=O)C(CCCC)CCC(N)=O. The van der Waals surface area contributed by atoms with Gasteiger partial charge in [-0.15, -0.1) is 0 Å². The van der Waals surface area contributed by atoms with Crippen molar-refractivity contribution in [3.8, 4) is 0 Å². The van der Waals surface area contributed by atoms with E-state index in [-0.39, 0.29) is 18.2 Å². The Hall–Kier alpha value is -1.32. The fraction of sp³-hybridized carbons (Fsp3) is 0.636. The lowest BCUT2D eigenvalue weighted by molar-refractivity contribution is -0.119. The summed E-state index contributed by atoms with van der Waals surface area (Å²) in [5.41, 5.74) is 10.6. The van der Waals surface area contributed by atoms with Crippen molar-refractivity contribution in [3.63, 3.8) is 0 Å². The van der Waals surface area contributed by atoms with Gasteiger partial charge in [0.1, 0.15) is 0 Å². The Bertz CT molecular complexity index is 249. The lowest BCUT2D eigenvalue weighted by Gasteiger charge is -2.16. The van der Waals surface area contributed by atoms with E-state index in [0.29, 0.717) is 12.0 Å². The molecule has 0 rings (SSSR count). The molecule has 2 amide bonds. The molecule has 0 aliphatic rings. The zero-order valence-corrected chi connectivity index (χ0v) is 9.29. The maximum absolute atomic E-state index is 11.0. The third-order valence-corrected chi connectivity index (χ3v) is 2.45. The highest BCUT2D eigenvalue weighted by atomic mass is 16.1. The van der Waals surface area contributed by atoms with Gasteiger partial charge in [-0.25, -0.2) is 0 Å². The van der Waals surface area contributed by atoms with Crippen molar-refractivity contribution in [2.45, 2.75) is 39.0 Å². The van der Waals surface area contributed by atoms with E-state index < -0.39 is 5.91 Å². The van der Waals surface area contributed by atoms with Gasteiger partial charge in [-0.3, -0.25) is 9.59 Å². The lowest BCUT2D eigenvalue weighted by atomic mass is 9.89. The second-order valence-corrected chi connectivity index (χ2v) is 3.73. The zero-order chi connectivity index (χ0) is 11.8. The van der Waals surface area contributed by atoms with Gasteiger partial charge in [0.2, 0.25) is 11.8 Å². The van der Waals surface area contributed by atoms with E-state index in [1.165, 1.54) is 0 Å². The monoisotopic (exact) mass is 212 g/mol. The molecule has 15 heavy (non-hydrogen) atoms. The van der Waals surface area contributed by atoms with Gasteiger partial charge in [0.25, 0.3) is 0 Å². The zero-order valence-electron chi connectivity index (χ0n) is 9.29. The van der Waals surface area contributed by atoms with E-state index in [1.807, 2.05) is 0 Å². The Morgan fingerprint density at radius 2 is 1.87 bits per heavy atom. The molecule has 0 aliphatic carbocycles. The number of amides is 2. The van der Waals surface area contributed by atoms with Crippen molar-refractivity contribution in [1.29, 1.82) is 0 Å². The van der Waals surface area contributed by atoms with Crippen LogP contribution in [0, 0.1) is 5.92 Å². The molecular formula is C11H20N2O2. The number of primary amides is 2. The van der Waals surface area contributed by atoms with Crippen LogP contribution in [-0.2, 0) is 9.59 Å². The molecule has 0 fully saturated rings. The van der Waals surface area contributed by atoms with Gasteiger partial charge in [0, 0.05) is 12.0 Å². The van der Waals surface area contributed by atoms with E-state index in [9.17, 15) is 9.59 Å². The molecule has 0 aromatic carbocycles. The van der Waals surface area contributed by atoms with Gasteiger partial charge in [-0.1, -0.05) is 26.3 Å². The summed E-state index contributed by atoms with van der Waals surface area (Å²) in [4.78, 5) is 21.6. The molecule has 0 aromatic heterocycles. The largest absolute Gasteiger partial charge is 0.370 e. The minimum absolute atomic E-state index is 0.00468. The fourth-order valence-electron chi connectivity index (χ4n) is 1.46.